The first-order valence-corrected chi connectivity index (χ1v) is 8.78. The molecule has 0 saturated heterocycles. The maximum Gasteiger partial charge on any atom is 0.313 e. The van der Waals surface area contributed by atoms with Crippen LogP contribution < -0.4 is 5.56 Å². The van der Waals surface area contributed by atoms with Crippen molar-refractivity contribution in [2.24, 2.45) is 5.92 Å². The first-order chi connectivity index (χ1) is 12.5. The first kappa shape index (κ1) is 18.9. The average Bonchev–Trinajstić information content (AvgIpc) is 2.91. The van der Waals surface area contributed by atoms with E-state index in [0.717, 1.165) is 0 Å². The fraction of sp³-hybridized carbons (Fsp3) is 0.450. The summed E-state index contributed by atoms with van der Waals surface area (Å²) < 4.78 is 5.57. The van der Waals surface area contributed by atoms with E-state index in [1.807, 2.05) is 6.07 Å². The molecule has 1 heterocycles. The number of fused-ring (bicyclic) bond motifs is 1. The maximum absolute atomic E-state index is 13.0. The Morgan fingerprint density at radius 2 is 1.93 bits per heavy atom. The second-order valence-electron chi connectivity index (χ2n) is 8.23. The van der Waals surface area contributed by atoms with Crippen molar-refractivity contribution >= 4 is 5.97 Å². The largest absolute Gasteiger partial charge is 0.460 e. The minimum Gasteiger partial charge on any atom is -0.460 e. The monoisotopic (exact) mass is 369 g/mol. The first-order valence-electron chi connectivity index (χ1n) is 8.78. The van der Waals surface area contributed by atoms with E-state index >= 15 is 0 Å². The van der Waals surface area contributed by atoms with E-state index in [4.69, 9.17) is 10.00 Å². The number of ether oxygens (including phenoxy) is 1. The predicted octanol–water partition coefficient (Wildman–Crippen LogP) is 1.97. The number of carbonyl (C=O) groups excluding carboxylic acids is 1. The molecule has 142 valence electrons. The highest BCUT2D eigenvalue weighted by Crippen LogP contribution is 2.44. The Morgan fingerprint density at radius 1 is 1.30 bits per heavy atom. The van der Waals surface area contributed by atoms with Crippen molar-refractivity contribution in [1.29, 1.82) is 5.26 Å². The molecule has 3 atom stereocenters. The van der Waals surface area contributed by atoms with Crippen LogP contribution in [0.2, 0.25) is 0 Å². The van der Waals surface area contributed by atoms with Crippen LogP contribution in [-0.4, -0.2) is 32.5 Å². The Morgan fingerprint density at radius 3 is 2.48 bits per heavy atom. The zero-order valence-corrected chi connectivity index (χ0v) is 15.8. The molecule has 27 heavy (non-hydrogen) atoms. The maximum atomic E-state index is 13.0. The minimum absolute atomic E-state index is 0.123. The molecule has 3 N–H and O–H groups in total. The molecule has 7 nitrogen and oxygen atoms in total. The SMILES string of the molecule is CC(C)(C)OC(=O)[C@@H]1[C@H](c2ccc(C#N)cc2)c2c([nH][nH]c2=O)C[C@@]1(C)O. The van der Waals surface area contributed by atoms with Crippen LogP contribution in [0, 0.1) is 17.2 Å². The zero-order chi connectivity index (χ0) is 20.0. The molecule has 0 spiro atoms. The highest BCUT2D eigenvalue weighted by Gasteiger charge is 2.51. The topological polar surface area (TPSA) is 119 Å². The third kappa shape index (κ3) is 3.53. The molecule has 0 radical (unpaired) electrons. The lowest BCUT2D eigenvalue weighted by Gasteiger charge is -2.41. The van der Waals surface area contributed by atoms with Crippen LogP contribution in [0.5, 0.6) is 0 Å². The normalized spacial score (nSPS) is 24.7. The summed E-state index contributed by atoms with van der Waals surface area (Å²) in [5.74, 6) is -2.22. The third-order valence-electron chi connectivity index (χ3n) is 4.81. The van der Waals surface area contributed by atoms with E-state index in [0.29, 0.717) is 22.4 Å². The number of aromatic amines is 2. The molecule has 1 aromatic carbocycles. The molecule has 0 unspecified atom stereocenters. The van der Waals surface area contributed by atoms with Gasteiger partial charge in [-0.2, -0.15) is 5.26 Å². The number of hydrogen-bond donors (Lipinski definition) is 3. The van der Waals surface area contributed by atoms with Crippen LogP contribution in [0.25, 0.3) is 0 Å². The van der Waals surface area contributed by atoms with Crippen molar-refractivity contribution < 1.29 is 14.6 Å². The van der Waals surface area contributed by atoms with Gasteiger partial charge in [-0.3, -0.25) is 14.7 Å². The number of carbonyl (C=O) groups is 1. The Labute approximate surface area is 157 Å². The number of aromatic nitrogens is 2. The quantitative estimate of drug-likeness (QED) is 0.699. The Balaban J connectivity index is 2.18. The van der Waals surface area contributed by atoms with Gasteiger partial charge >= 0.3 is 5.97 Å². The van der Waals surface area contributed by atoms with Gasteiger partial charge in [0.1, 0.15) is 5.60 Å². The lowest BCUT2D eigenvalue weighted by atomic mass is 9.66. The van der Waals surface area contributed by atoms with Gasteiger partial charge in [-0.1, -0.05) is 12.1 Å². The van der Waals surface area contributed by atoms with Crippen LogP contribution in [0.15, 0.2) is 29.1 Å². The number of rotatable bonds is 2. The molecule has 1 aromatic heterocycles. The summed E-state index contributed by atoms with van der Waals surface area (Å²) in [6.07, 6.45) is 0.123. The van der Waals surface area contributed by atoms with Crippen LogP contribution in [0.4, 0.5) is 0 Å². The molecule has 2 aromatic rings. The molecule has 0 fully saturated rings. The van der Waals surface area contributed by atoms with E-state index in [1.165, 1.54) is 0 Å². The van der Waals surface area contributed by atoms with Gasteiger partial charge in [0.25, 0.3) is 5.56 Å². The van der Waals surface area contributed by atoms with Crippen LogP contribution in [-0.2, 0) is 16.0 Å². The van der Waals surface area contributed by atoms with Crippen molar-refractivity contribution in [2.45, 2.75) is 51.2 Å². The molecule has 0 aliphatic heterocycles. The Kier molecular flexibility index (Phi) is 4.48. The summed E-state index contributed by atoms with van der Waals surface area (Å²) >= 11 is 0. The van der Waals surface area contributed by atoms with Crippen molar-refractivity contribution in [3.05, 3.63) is 57.0 Å². The van der Waals surface area contributed by atoms with Crippen LogP contribution in [0.3, 0.4) is 0 Å². The van der Waals surface area contributed by atoms with E-state index in [9.17, 15) is 14.7 Å². The second-order valence-corrected chi connectivity index (χ2v) is 8.23. The molecule has 0 bridgehead atoms. The number of hydrogen-bond acceptors (Lipinski definition) is 5. The van der Waals surface area contributed by atoms with Gasteiger partial charge in [0.05, 0.1) is 23.2 Å². The zero-order valence-electron chi connectivity index (χ0n) is 15.8. The van der Waals surface area contributed by atoms with E-state index < -0.39 is 29.0 Å². The summed E-state index contributed by atoms with van der Waals surface area (Å²) in [6, 6.07) is 8.72. The molecule has 0 amide bonds. The van der Waals surface area contributed by atoms with Crippen LogP contribution in [0.1, 0.15) is 56.0 Å². The van der Waals surface area contributed by atoms with Gasteiger partial charge in [0, 0.05) is 23.6 Å². The van der Waals surface area contributed by atoms with Crippen molar-refractivity contribution in [1.82, 2.24) is 10.2 Å². The fourth-order valence-electron chi connectivity index (χ4n) is 3.75. The van der Waals surface area contributed by atoms with Gasteiger partial charge < -0.3 is 14.9 Å². The van der Waals surface area contributed by atoms with Gasteiger partial charge in [0.2, 0.25) is 0 Å². The summed E-state index contributed by atoms with van der Waals surface area (Å²) in [4.78, 5) is 25.5. The van der Waals surface area contributed by atoms with E-state index in [1.54, 1.807) is 52.0 Å². The van der Waals surface area contributed by atoms with Gasteiger partial charge in [-0.25, -0.2) is 0 Å². The summed E-state index contributed by atoms with van der Waals surface area (Å²) in [5, 5.41) is 25.5. The number of nitriles is 1. The van der Waals surface area contributed by atoms with Crippen molar-refractivity contribution in [3.8, 4) is 6.07 Å². The lowest BCUT2D eigenvalue weighted by Crippen LogP contribution is -2.51. The highest BCUT2D eigenvalue weighted by molar-refractivity contribution is 5.77. The fourth-order valence-corrected chi connectivity index (χ4v) is 3.75. The summed E-state index contributed by atoms with van der Waals surface area (Å²) in [5.41, 5.74) is -0.356. The Hall–Kier alpha value is -2.85. The molecule has 0 saturated carbocycles. The number of nitrogens with one attached hydrogen (secondary N) is 2. The Bertz CT molecular complexity index is 955. The number of benzene rings is 1. The number of H-pyrrole nitrogens is 2. The second kappa shape index (κ2) is 6.39. The average molecular weight is 369 g/mol. The standard InChI is InChI=1S/C20H23N3O4/c1-19(2,3)27-18(25)16-14(12-7-5-11(10-21)6-8-12)15-13(9-20(16,4)26)22-23-17(15)24/h5-8,14,16,26H,9H2,1-4H3,(H2,22,23,24)/t14-,16+,20-/m1/s1. The highest BCUT2D eigenvalue weighted by atomic mass is 16.6. The van der Waals surface area contributed by atoms with Gasteiger partial charge in [-0.15, -0.1) is 0 Å². The smallest absolute Gasteiger partial charge is 0.313 e. The molecule has 1 aliphatic rings. The van der Waals surface area contributed by atoms with Gasteiger partial charge in [-0.05, 0) is 45.4 Å². The lowest BCUT2D eigenvalue weighted by molar-refractivity contribution is -0.171. The number of nitrogens with zero attached hydrogens (tertiary/aromatic N) is 1. The molecule has 7 heteroatoms. The van der Waals surface area contributed by atoms with Gasteiger partial charge in [0.15, 0.2) is 0 Å². The number of esters is 1. The molecule has 3 rings (SSSR count). The molecule has 1 aliphatic carbocycles. The van der Waals surface area contributed by atoms with Crippen LogP contribution >= 0.6 is 0 Å². The predicted molar refractivity (Wildman–Crippen MR) is 98.1 cm³/mol. The summed E-state index contributed by atoms with van der Waals surface area (Å²) in [6.45, 7) is 6.85. The van der Waals surface area contributed by atoms with Crippen molar-refractivity contribution in [3.63, 3.8) is 0 Å². The number of aliphatic hydroxyl groups is 1. The van der Waals surface area contributed by atoms with E-state index in [2.05, 4.69) is 10.2 Å². The summed E-state index contributed by atoms with van der Waals surface area (Å²) in [7, 11) is 0. The van der Waals surface area contributed by atoms with Crippen molar-refractivity contribution in [2.75, 3.05) is 0 Å². The molecular weight excluding hydrogens is 346 g/mol. The third-order valence-corrected chi connectivity index (χ3v) is 4.81. The van der Waals surface area contributed by atoms with E-state index in [-0.39, 0.29) is 12.0 Å². The molecular formula is C20H23N3O4. The minimum atomic E-state index is -1.42.